The quantitative estimate of drug-likeness (QED) is 0.897. The molecular weight excluding hydrogens is 278 g/mol. The molecule has 1 aliphatic rings. The van der Waals surface area contributed by atoms with Crippen molar-refractivity contribution < 1.29 is 0 Å². The molecule has 3 rings (SSSR count). The van der Waals surface area contributed by atoms with E-state index in [2.05, 4.69) is 35.1 Å². The molecule has 1 atom stereocenters. The van der Waals surface area contributed by atoms with Crippen molar-refractivity contribution >= 4 is 23.5 Å². The van der Waals surface area contributed by atoms with Gasteiger partial charge in [-0.05, 0) is 31.4 Å². The summed E-state index contributed by atoms with van der Waals surface area (Å²) < 4.78 is 0. The molecule has 0 aromatic carbocycles. The molecule has 2 aromatic rings. The lowest BCUT2D eigenvalue weighted by atomic mass is 10.3. The van der Waals surface area contributed by atoms with Gasteiger partial charge in [0.05, 0.1) is 6.04 Å². The van der Waals surface area contributed by atoms with Gasteiger partial charge in [0, 0.05) is 25.5 Å². The van der Waals surface area contributed by atoms with Crippen LogP contribution in [0.1, 0.15) is 31.6 Å². The summed E-state index contributed by atoms with van der Waals surface area (Å²) in [6, 6.07) is -0.0325. The van der Waals surface area contributed by atoms with Gasteiger partial charge >= 0.3 is 0 Å². The van der Waals surface area contributed by atoms with Gasteiger partial charge in [0.2, 0.25) is 17.2 Å². The van der Waals surface area contributed by atoms with Crippen molar-refractivity contribution in [3.8, 4) is 0 Å². The number of hydrogen-bond donors (Lipinski definition) is 2. The largest absolute Gasteiger partial charge is 0.347 e. The molecule has 106 valence electrons. The number of nitrogens with one attached hydrogen (secondary N) is 2. The number of nitrogens with zero attached hydrogens (tertiary/aromatic N) is 5. The number of imidazole rings is 1. The summed E-state index contributed by atoms with van der Waals surface area (Å²) in [5, 5.41) is 3.39. The normalized spacial score (nSPS) is 16.4. The molecular formula is C12H16ClN7. The summed E-state index contributed by atoms with van der Waals surface area (Å²) in [4.78, 5) is 22.1. The summed E-state index contributed by atoms with van der Waals surface area (Å²) in [7, 11) is 0. The van der Waals surface area contributed by atoms with Crippen LogP contribution in [-0.2, 0) is 0 Å². The number of H-pyrrole nitrogens is 1. The maximum atomic E-state index is 5.98. The average molecular weight is 294 g/mol. The van der Waals surface area contributed by atoms with E-state index in [-0.39, 0.29) is 11.3 Å². The molecule has 8 heteroatoms. The maximum Gasteiger partial charge on any atom is 0.231 e. The van der Waals surface area contributed by atoms with Crippen LogP contribution in [0, 0.1) is 0 Å². The van der Waals surface area contributed by atoms with Crippen LogP contribution in [0.25, 0.3) is 0 Å². The lowest BCUT2D eigenvalue weighted by Crippen LogP contribution is -2.22. The maximum absolute atomic E-state index is 5.98. The lowest BCUT2D eigenvalue weighted by molar-refractivity contribution is 0.786. The molecule has 3 heterocycles. The van der Waals surface area contributed by atoms with Gasteiger partial charge in [0.25, 0.3) is 0 Å². The van der Waals surface area contributed by atoms with Crippen molar-refractivity contribution in [2.75, 3.05) is 23.3 Å². The van der Waals surface area contributed by atoms with E-state index >= 15 is 0 Å². The van der Waals surface area contributed by atoms with Gasteiger partial charge in [-0.15, -0.1) is 0 Å². The third-order valence-electron chi connectivity index (χ3n) is 3.26. The molecule has 20 heavy (non-hydrogen) atoms. The monoisotopic (exact) mass is 293 g/mol. The first kappa shape index (κ1) is 13.1. The number of anilines is 2. The molecule has 0 bridgehead atoms. The Morgan fingerprint density at radius 1 is 1.30 bits per heavy atom. The second kappa shape index (κ2) is 5.62. The van der Waals surface area contributed by atoms with E-state index in [1.54, 1.807) is 12.4 Å². The summed E-state index contributed by atoms with van der Waals surface area (Å²) in [6.45, 7) is 3.91. The van der Waals surface area contributed by atoms with E-state index in [0.717, 1.165) is 31.8 Å². The molecule has 1 aliphatic heterocycles. The first-order valence-corrected chi connectivity index (χ1v) is 7.02. The Labute approximate surface area is 121 Å². The predicted octanol–water partition coefficient (Wildman–Crippen LogP) is 2.02. The van der Waals surface area contributed by atoms with Gasteiger partial charge in [-0.3, -0.25) is 0 Å². The van der Waals surface area contributed by atoms with Gasteiger partial charge in [-0.2, -0.15) is 15.0 Å². The highest BCUT2D eigenvalue weighted by molar-refractivity contribution is 6.28. The van der Waals surface area contributed by atoms with Gasteiger partial charge in [0.15, 0.2) is 0 Å². The second-order valence-corrected chi connectivity index (χ2v) is 5.10. The smallest absolute Gasteiger partial charge is 0.231 e. The molecule has 0 radical (unpaired) electrons. The van der Waals surface area contributed by atoms with Gasteiger partial charge in [-0.25, -0.2) is 4.98 Å². The van der Waals surface area contributed by atoms with E-state index < -0.39 is 0 Å². The summed E-state index contributed by atoms with van der Waals surface area (Å²) >= 11 is 5.98. The average Bonchev–Trinajstić information content (AvgIpc) is 3.12. The van der Waals surface area contributed by atoms with Gasteiger partial charge in [-0.1, -0.05) is 0 Å². The van der Waals surface area contributed by atoms with Crippen LogP contribution < -0.4 is 10.2 Å². The molecule has 0 saturated carbocycles. The minimum Gasteiger partial charge on any atom is -0.347 e. The minimum absolute atomic E-state index is 0.0325. The van der Waals surface area contributed by atoms with Crippen molar-refractivity contribution in [3.63, 3.8) is 0 Å². The lowest BCUT2D eigenvalue weighted by Gasteiger charge is -2.17. The Hall–Kier alpha value is -1.89. The Morgan fingerprint density at radius 3 is 2.80 bits per heavy atom. The Bertz CT molecular complexity index is 565. The molecule has 1 saturated heterocycles. The first-order valence-electron chi connectivity index (χ1n) is 6.65. The number of aromatic nitrogens is 5. The Kier molecular flexibility index (Phi) is 3.68. The standard InChI is InChI=1S/C12H16ClN7/c1-8(9-14-4-5-15-9)16-11-17-10(13)18-12(19-11)20-6-2-3-7-20/h4-5,8H,2-3,6-7H2,1H3,(H,14,15)(H,16,17,18,19). The minimum atomic E-state index is -0.0325. The van der Waals surface area contributed by atoms with Crippen LogP contribution in [0.5, 0.6) is 0 Å². The highest BCUT2D eigenvalue weighted by Gasteiger charge is 2.18. The van der Waals surface area contributed by atoms with Crippen LogP contribution in [0.15, 0.2) is 12.4 Å². The highest BCUT2D eigenvalue weighted by atomic mass is 35.5. The molecule has 1 fully saturated rings. The zero-order valence-electron chi connectivity index (χ0n) is 11.2. The zero-order valence-corrected chi connectivity index (χ0v) is 11.9. The zero-order chi connectivity index (χ0) is 13.9. The fourth-order valence-electron chi connectivity index (χ4n) is 2.24. The van der Waals surface area contributed by atoms with Crippen LogP contribution in [0.2, 0.25) is 5.28 Å². The number of halogens is 1. The Balaban J connectivity index is 1.79. The molecule has 1 unspecified atom stereocenters. The summed E-state index contributed by atoms with van der Waals surface area (Å²) in [5.41, 5.74) is 0. The number of aromatic amines is 1. The van der Waals surface area contributed by atoms with E-state index in [9.17, 15) is 0 Å². The summed E-state index contributed by atoms with van der Waals surface area (Å²) in [6.07, 6.45) is 5.82. The molecule has 0 amide bonds. The van der Waals surface area contributed by atoms with Crippen molar-refractivity contribution in [1.29, 1.82) is 0 Å². The topological polar surface area (TPSA) is 82.6 Å². The molecule has 2 N–H and O–H groups in total. The van der Waals surface area contributed by atoms with E-state index in [1.807, 2.05) is 6.92 Å². The van der Waals surface area contributed by atoms with Crippen molar-refractivity contribution in [2.24, 2.45) is 0 Å². The van der Waals surface area contributed by atoms with Crippen molar-refractivity contribution in [1.82, 2.24) is 24.9 Å². The second-order valence-electron chi connectivity index (χ2n) is 4.76. The first-order chi connectivity index (χ1) is 9.72. The molecule has 2 aromatic heterocycles. The number of rotatable bonds is 4. The number of hydrogen-bond acceptors (Lipinski definition) is 6. The van der Waals surface area contributed by atoms with E-state index in [0.29, 0.717) is 11.9 Å². The summed E-state index contributed by atoms with van der Waals surface area (Å²) in [5.74, 6) is 1.93. The Morgan fingerprint density at radius 2 is 2.10 bits per heavy atom. The van der Waals surface area contributed by atoms with Crippen molar-refractivity contribution in [3.05, 3.63) is 23.5 Å². The predicted molar refractivity (Wildman–Crippen MR) is 76.9 cm³/mol. The van der Waals surface area contributed by atoms with Crippen molar-refractivity contribution in [2.45, 2.75) is 25.8 Å². The van der Waals surface area contributed by atoms with Gasteiger partial charge in [0.1, 0.15) is 5.82 Å². The van der Waals surface area contributed by atoms with E-state index in [1.165, 1.54) is 0 Å². The molecule has 0 spiro atoms. The van der Waals surface area contributed by atoms with Crippen LogP contribution in [0.3, 0.4) is 0 Å². The highest BCUT2D eigenvalue weighted by Crippen LogP contribution is 2.20. The third-order valence-corrected chi connectivity index (χ3v) is 3.43. The van der Waals surface area contributed by atoms with Crippen LogP contribution >= 0.6 is 11.6 Å². The van der Waals surface area contributed by atoms with E-state index in [4.69, 9.17) is 11.6 Å². The fourth-order valence-corrected chi connectivity index (χ4v) is 2.39. The SMILES string of the molecule is CC(Nc1nc(Cl)nc(N2CCCC2)n1)c1ncc[nH]1. The molecule has 7 nitrogen and oxygen atoms in total. The van der Waals surface area contributed by atoms with Crippen LogP contribution in [0.4, 0.5) is 11.9 Å². The van der Waals surface area contributed by atoms with Gasteiger partial charge < -0.3 is 15.2 Å². The fraction of sp³-hybridized carbons (Fsp3) is 0.500. The molecule has 0 aliphatic carbocycles. The van der Waals surface area contributed by atoms with Crippen LogP contribution in [-0.4, -0.2) is 38.0 Å². The third kappa shape index (κ3) is 2.82.